The molecular weight excluding hydrogens is 270 g/mol. The highest BCUT2D eigenvalue weighted by Gasteiger charge is 2.09. The highest BCUT2D eigenvalue weighted by atomic mass is 16.5. The SMILES string of the molecule is CC.CC.COc1ccccc1-c1cc2cc[nH]c2cc1C. The van der Waals surface area contributed by atoms with E-state index in [4.69, 9.17) is 4.74 Å². The van der Waals surface area contributed by atoms with E-state index in [1.54, 1.807) is 7.11 Å². The lowest BCUT2D eigenvalue weighted by Crippen LogP contribution is -1.89. The summed E-state index contributed by atoms with van der Waals surface area (Å²) in [5.41, 5.74) is 4.78. The van der Waals surface area contributed by atoms with Crippen LogP contribution in [0.25, 0.3) is 22.0 Å². The van der Waals surface area contributed by atoms with Gasteiger partial charge in [0.05, 0.1) is 7.11 Å². The fraction of sp³-hybridized carbons (Fsp3) is 0.300. The van der Waals surface area contributed by atoms with Gasteiger partial charge in [0, 0.05) is 17.3 Å². The molecule has 0 saturated carbocycles. The Balaban J connectivity index is 0.000000561. The first-order valence-electron chi connectivity index (χ1n) is 8.01. The number of ether oxygens (including phenoxy) is 1. The predicted octanol–water partition coefficient (Wildman–Crippen LogP) is 6.20. The second-order valence-corrected chi connectivity index (χ2v) is 4.43. The molecular formula is C20H27NO. The second-order valence-electron chi connectivity index (χ2n) is 4.43. The topological polar surface area (TPSA) is 25.0 Å². The van der Waals surface area contributed by atoms with Crippen LogP contribution in [0.4, 0.5) is 0 Å². The van der Waals surface area contributed by atoms with Crippen LogP contribution >= 0.6 is 0 Å². The molecule has 2 nitrogen and oxygen atoms in total. The number of fused-ring (bicyclic) bond motifs is 1. The Morgan fingerprint density at radius 3 is 2.23 bits per heavy atom. The zero-order valence-electron chi connectivity index (χ0n) is 14.5. The van der Waals surface area contributed by atoms with Gasteiger partial charge in [0.15, 0.2) is 0 Å². The van der Waals surface area contributed by atoms with Crippen LogP contribution in [0.3, 0.4) is 0 Å². The molecule has 0 unspecified atom stereocenters. The standard InChI is InChI=1S/C16H15NO.2C2H6/c1-11-9-15-12(7-8-17-15)10-14(11)13-5-3-4-6-16(13)18-2;2*1-2/h3-10,17H,1-2H3;2*1-2H3. The first-order valence-corrected chi connectivity index (χ1v) is 8.01. The molecule has 0 saturated heterocycles. The normalized spacial score (nSPS) is 9.36. The van der Waals surface area contributed by atoms with Crippen molar-refractivity contribution in [1.82, 2.24) is 4.98 Å². The zero-order valence-corrected chi connectivity index (χ0v) is 14.5. The summed E-state index contributed by atoms with van der Waals surface area (Å²) in [5.74, 6) is 0.912. The average Bonchev–Trinajstić information content (AvgIpc) is 3.05. The van der Waals surface area contributed by atoms with Gasteiger partial charge in [0.1, 0.15) is 5.75 Å². The lowest BCUT2D eigenvalue weighted by atomic mass is 9.98. The van der Waals surface area contributed by atoms with Gasteiger partial charge in [-0.3, -0.25) is 0 Å². The molecule has 2 aromatic carbocycles. The monoisotopic (exact) mass is 297 g/mol. The summed E-state index contributed by atoms with van der Waals surface area (Å²) in [5, 5.41) is 1.22. The number of hydrogen-bond donors (Lipinski definition) is 1. The Morgan fingerprint density at radius 1 is 0.864 bits per heavy atom. The first kappa shape index (κ1) is 17.8. The molecule has 0 aliphatic heterocycles. The van der Waals surface area contributed by atoms with Crippen LogP contribution in [-0.2, 0) is 0 Å². The number of hydrogen-bond acceptors (Lipinski definition) is 1. The van der Waals surface area contributed by atoms with Gasteiger partial charge in [0.25, 0.3) is 0 Å². The highest BCUT2D eigenvalue weighted by molar-refractivity contribution is 5.88. The third-order valence-corrected chi connectivity index (χ3v) is 3.30. The Labute approximate surface area is 134 Å². The minimum Gasteiger partial charge on any atom is -0.496 e. The van der Waals surface area contributed by atoms with Crippen LogP contribution in [0.1, 0.15) is 33.3 Å². The van der Waals surface area contributed by atoms with Gasteiger partial charge in [-0.25, -0.2) is 0 Å². The van der Waals surface area contributed by atoms with Crippen molar-refractivity contribution in [1.29, 1.82) is 0 Å². The van der Waals surface area contributed by atoms with Crippen LogP contribution < -0.4 is 4.74 Å². The van der Waals surface area contributed by atoms with E-state index in [1.165, 1.54) is 22.0 Å². The fourth-order valence-electron chi connectivity index (χ4n) is 2.37. The molecule has 0 radical (unpaired) electrons. The van der Waals surface area contributed by atoms with E-state index in [0.29, 0.717) is 0 Å². The number of H-pyrrole nitrogens is 1. The highest BCUT2D eigenvalue weighted by Crippen LogP contribution is 2.34. The van der Waals surface area contributed by atoms with Gasteiger partial charge in [0.2, 0.25) is 0 Å². The number of aromatic amines is 1. The maximum atomic E-state index is 5.44. The van der Waals surface area contributed by atoms with Gasteiger partial charge < -0.3 is 9.72 Å². The number of benzene rings is 2. The number of rotatable bonds is 2. The van der Waals surface area contributed by atoms with E-state index in [9.17, 15) is 0 Å². The zero-order chi connectivity index (χ0) is 16.5. The van der Waals surface area contributed by atoms with Crippen LogP contribution in [-0.4, -0.2) is 12.1 Å². The molecule has 22 heavy (non-hydrogen) atoms. The Morgan fingerprint density at radius 2 is 1.55 bits per heavy atom. The van der Waals surface area contributed by atoms with Crippen molar-refractivity contribution in [3.8, 4) is 16.9 Å². The van der Waals surface area contributed by atoms with E-state index in [0.717, 1.165) is 11.3 Å². The molecule has 3 aromatic rings. The van der Waals surface area contributed by atoms with Crippen molar-refractivity contribution in [3.05, 3.63) is 54.2 Å². The summed E-state index contributed by atoms with van der Waals surface area (Å²) >= 11 is 0. The van der Waals surface area contributed by atoms with Gasteiger partial charge in [-0.05, 0) is 47.7 Å². The lowest BCUT2D eigenvalue weighted by molar-refractivity contribution is 0.416. The number of nitrogens with one attached hydrogen (secondary N) is 1. The molecule has 0 aliphatic carbocycles. The van der Waals surface area contributed by atoms with Gasteiger partial charge >= 0.3 is 0 Å². The quantitative estimate of drug-likeness (QED) is 0.598. The molecule has 118 valence electrons. The molecule has 0 fully saturated rings. The maximum Gasteiger partial charge on any atom is 0.126 e. The van der Waals surface area contributed by atoms with Crippen LogP contribution in [0.2, 0.25) is 0 Å². The molecule has 0 amide bonds. The molecule has 2 heteroatoms. The number of para-hydroxylation sites is 1. The van der Waals surface area contributed by atoms with Crippen LogP contribution in [0, 0.1) is 6.92 Å². The maximum absolute atomic E-state index is 5.44. The van der Waals surface area contributed by atoms with Crippen molar-refractivity contribution in [3.63, 3.8) is 0 Å². The summed E-state index contributed by atoms with van der Waals surface area (Å²) in [6.45, 7) is 10.1. The number of aromatic nitrogens is 1. The van der Waals surface area contributed by atoms with Gasteiger partial charge in [-0.1, -0.05) is 45.9 Å². The average molecular weight is 297 g/mol. The number of methoxy groups -OCH3 is 1. The third-order valence-electron chi connectivity index (χ3n) is 3.30. The minimum absolute atomic E-state index is 0.912. The number of aryl methyl sites for hydroxylation is 1. The molecule has 0 aliphatic rings. The molecule has 0 spiro atoms. The third kappa shape index (κ3) is 3.70. The molecule has 1 aromatic heterocycles. The summed E-state index contributed by atoms with van der Waals surface area (Å²) in [7, 11) is 1.71. The Kier molecular flexibility index (Phi) is 7.24. The molecule has 1 N–H and O–H groups in total. The van der Waals surface area contributed by atoms with Crippen LogP contribution in [0.15, 0.2) is 48.7 Å². The van der Waals surface area contributed by atoms with Gasteiger partial charge in [-0.15, -0.1) is 0 Å². The smallest absolute Gasteiger partial charge is 0.126 e. The Hall–Kier alpha value is -2.22. The summed E-state index contributed by atoms with van der Waals surface area (Å²) in [4.78, 5) is 3.24. The van der Waals surface area contributed by atoms with Crippen molar-refractivity contribution in [2.45, 2.75) is 34.6 Å². The molecule has 0 bridgehead atoms. The van der Waals surface area contributed by atoms with E-state index < -0.39 is 0 Å². The predicted molar refractivity (Wildman–Crippen MR) is 97.7 cm³/mol. The summed E-state index contributed by atoms with van der Waals surface area (Å²) in [6, 6.07) is 14.6. The summed E-state index contributed by atoms with van der Waals surface area (Å²) < 4.78 is 5.44. The van der Waals surface area contributed by atoms with E-state index in [1.807, 2.05) is 52.1 Å². The largest absolute Gasteiger partial charge is 0.496 e. The molecule has 0 atom stereocenters. The molecule has 3 rings (SSSR count). The van der Waals surface area contributed by atoms with E-state index >= 15 is 0 Å². The van der Waals surface area contributed by atoms with Crippen LogP contribution in [0.5, 0.6) is 5.75 Å². The van der Waals surface area contributed by atoms with Crippen molar-refractivity contribution in [2.75, 3.05) is 7.11 Å². The minimum atomic E-state index is 0.912. The Bertz CT molecular complexity index is 698. The summed E-state index contributed by atoms with van der Waals surface area (Å²) in [6.07, 6.45) is 1.97. The molecule has 1 heterocycles. The van der Waals surface area contributed by atoms with Crippen molar-refractivity contribution in [2.24, 2.45) is 0 Å². The second kappa shape index (κ2) is 8.93. The van der Waals surface area contributed by atoms with E-state index in [2.05, 4.69) is 36.2 Å². The van der Waals surface area contributed by atoms with E-state index in [-0.39, 0.29) is 0 Å². The lowest BCUT2D eigenvalue weighted by Gasteiger charge is -2.11. The first-order chi connectivity index (χ1) is 10.8. The van der Waals surface area contributed by atoms with Crippen molar-refractivity contribution >= 4 is 10.9 Å². The van der Waals surface area contributed by atoms with Gasteiger partial charge in [-0.2, -0.15) is 0 Å². The van der Waals surface area contributed by atoms with Crippen molar-refractivity contribution < 1.29 is 4.74 Å². The fourth-order valence-corrected chi connectivity index (χ4v) is 2.37.